The van der Waals surface area contributed by atoms with Crippen LogP contribution in [0.4, 0.5) is 16.3 Å². The van der Waals surface area contributed by atoms with Crippen LogP contribution in [-0.4, -0.2) is 115 Å². The van der Waals surface area contributed by atoms with Gasteiger partial charge in [-0.15, -0.1) is 6.58 Å². The molecule has 0 bridgehead atoms. The molecule has 15 heteroatoms. The van der Waals surface area contributed by atoms with Crippen LogP contribution in [0, 0.1) is 0 Å². The second kappa shape index (κ2) is 17.2. The molecule has 4 heterocycles. The lowest BCUT2D eigenvalue weighted by Gasteiger charge is -2.55. The van der Waals surface area contributed by atoms with Crippen LogP contribution >= 0.6 is 0 Å². The van der Waals surface area contributed by atoms with Gasteiger partial charge in [0, 0.05) is 58.3 Å². The molecular weight excluding hydrogens is 739 g/mol. The SMILES string of the molecule is C=CCN1CC(=O)N2[C@@H](Cc3ccc(O)cc3)C(=O)N(Cc3cccc4c(C(=O)Nc5ccc(N(C)CCO)nc5)cn(C)c34)C[C@@H]2N1C(=O)NCc1ccccc1. The van der Waals surface area contributed by atoms with E-state index in [-0.39, 0.29) is 69.2 Å². The predicted molar refractivity (Wildman–Crippen MR) is 219 cm³/mol. The molecule has 0 saturated carbocycles. The summed E-state index contributed by atoms with van der Waals surface area (Å²) in [5.41, 5.74) is 4.10. The number of para-hydroxylation sites is 1. The summed E-state index contributed by atoms with van der Waals surface area (Å²) in [6.07, 6.45) is 4.25. The second-order valence-corrected chi connectivity index (χ2v) is 14.5. The number of anilines is 2. The number of aromatic nitrogens is 2. The Hall–Kier alpha value is -6.71. The number of aromatic hydroxyl groups is 1. The van der Waals surface area contributed by atoms with Crippen molar-refractivity contribution in [2.45, 2.75) is 31.7 Å². The minimum Gasteiger partial charge on any atom is -0.508 e. The average molecular weight is 786 g/mol. The van der Waals surface area contributed by atoms with Gasteiger partial charge in [0.15, 0.2) is 0 Å². The minimum atomic E-state index is -0.955. The molecule has 0 spiro atoms. The Morgan fingerprint density at radius 2 is 1.78 bits per heavy atom. The number of carbonyl (C=O) groups is 4. The van der Waals surface area contributed by atoms with Crippen molar-refractivity contribution in [1.29, 1.82) is 0 Å². The van der Waals surface area contributed by atoms with Gasteiger partial charge in [-0.2, -0.15) is 0 Å². The third-order valence-electron chi connectivity index (χ3n) is 10.6. The molecule has 2 fully saturated rings. The van der Waals surface area contributed by atoms with Crippen molar-refractivity contribution in [1.82, 2.24) is 34.7 Å². The molecule has 0 radical (unpaired) electrons. The number of hydrogen-bond donors (Lipinski definition) is 4. The van der Waals surface area contributed by atoms with Crippen LogP contribution in [0.3, 0.4) is 0 Å². The number of carbonyl (C=O) groups excluding carboxylic acids is 4. The van der Waals surface area contributed by atoms with Crippen LogP contribution in [-0.2, 0) is 36.1 Å². The molecule has 0 unspecified atom stereocenters. The lowest BCUT2D eigenvalue weighted by molar-refractivity contribution is -0.189. The van der Waals surface area contributed by atoms with E-state index in [1.165, 1.54) is 22.0 Å². The fourth-order valence-electron chi connectivity index (χ4n) is 7.77. The number of phenols is 1. The molecule has 2 atom stereocenters. The van der Waals surface area contributed by atoms with Crippen molar-refractivity contribution < 1.29 is 29.4 Å². The number of likely N-dealkylation sites (N-methyl/N-ethyl adjacent to an activating group) is 1. The molecule has 7 rings (SSSR count). The summed E-state index contributed by atoms with van der Waals surface area (Å²) in [6, 6.07) is 23.8. The lowest BCUT2D eigenvalue weighted by Crippen LogP contribution is -2.76. The van der Waals surface area contributed by atoms with Gasteiger partial charge in [-0.25, -0.2) is 19.8 Å². The van der Waals surface area contributed by atoms with Crippen molar-refractivity contribution in [3.63, 3.8) is 0 Å². The number of fused-ring (bicyclic) bond motifs is 2. The minimum absolute atomic E-state index is 0.0100. The summed E-state index contributed by atoms with van der Waals surface area (Å²) in [7, 11) is 3.66. The molecular formula is C43H47N9O6. The van der Waals surface area contributed by atoms with E-state index in [1.807, 2.05) is 67.2 Å². The molecule has 3 aromatic carbocycles. The van der Waals surface area contributed by atoms with E-state index in [1.54, 1.807) is 57.5 Å². The first-order valence-electron chi connectivity index (χ1n) is 19.1. The van der Waals surface area contributed by atoms with E-state index in [9.17, 15) is 29.4 Å². The molecule has 2 aliphatic heterocycles. The maximum atomic E-state index is 14.7. The summed E-state index contributed by atoms with van der Waals surface area (Å²) in [5.74, 6) is -0.180. The van der Waals surface area contributed by atoms with Gasteiger partial charge in [0.1, 0.15) is 23.8 Å². The smallest absolute Gasteiger partial charge is 0.334 e. The molecule has 300 valence electrons. The molecule has 58 heavy (non-hydrogen) atoms. The van der Waals surface area contributed by atoms with Crippen LogP contribution in [0.25, 0.3) is 10.9 Å². The Kier molecular flexibility index (Phi) is 11.7. The number of nitrogens with one attached hydrogen (secondary N) is 2. The lowest BCUT2D eigenvalue weighted by atomic mass is 9.98. The number of aliphatic hydroxyl groups is 1. The monoisotopic (exact) mass is 785 g/mol. The molecule has 0 aliphatic carbocycles. The third-order valence-corrected chi connectivity index (χ3v) is 10.6. The summed E-state index contributed by atoms with van der Waals surface area (Å²) in [6.45, 7) is 4.79. The van der Waals surface area contributed by atoms with Crippen LogP contribution < -0.4 is 15.5 Å². The molecule has 15 nitrogen and oxygen atoms in total. The van der Waals surface area contributed by atoms with Crippen molar-refractivity contribution in [3.05, 3.63) is 132 Å². The number of phenolic OH excluding ortho intramolecular Hbond substituents is 1. The Labute approximate surface area is 336 Å². The van der Waals surface area contributed by atoms with Crippen molar-refractivity contribution in [2.24, 2.45) is 7.05 Å². The van der Waals surface area contributed by atoms with Crippen molar-refractivity contribution in [2.75, 3.05) is 50.1 Å². The molecule has 2 aromatic heterocycles. The highest BCUT2D eigenvalue weighted by atomic mass is 16.3. The summed E-state index contributed by atoms with van der Waals surface area (Å²) in [5, 5.41) is 29.1. The van der Waals surface area contributed by atoms with Gasteiger partial charge >= 0.3 is 6.03 Å². The van der Waals surface area contributed by atoms with Crippen LogP contribution in [0.15, 0.2) is 110 Å². The van der Waals surface area contributed by atoms with E-state index in [2.05, 4.69) is 22.2 Å². The number of amides is 5. The number of hydrazine groups is 1. The Balaban J connectivity index is 1.20. The van der Waals surface area contributed by atoms with Gasteiger partial charge in [0.2, 0.25) is 11.8 Å². The zero-order chi connectivity index (χ0) is 40.9. The zero-order valence-electron chi connectivity index (χ0n) is 32.5. The van der Waals surface area contributed by atoms with Gasteiger partial charge < -0.3 is 40.1 Å². The largest absolute Gasteiger partial charge is 0.508 e. The van der Waals surface area contributed by atoms with Gasteiger partial charge in [-0.3, -0.25) is 14.4 Å². The number of piperazine rings is 1. The average Bonchev–Trinajstić information content (AvgIpc) is 3.57. The number of benzene rings is 3. The van der Waals surface area contributed by atoms with E-state index in [0.29, 0.717) is 29.0 Å². The maximum Gasteiger partial charge on any atom is 0.334 e. The van der Waals surface area contributed by atoms with Crippen LogP contribution in [0.1, 0.15) is 27.0 Å². The Morgan fingerprint density at radius 3 is 2.48 bits per heavy atom. The number of hydrogen-bond acceptors (Lipinski definition) is 9. The van der Waals surface area contributed by atoms with Crippen LogP contribution in [0.5, 0.6) is 5.75 Å². The first-order valence-corrected chi connectivity index (χ1v) is 19.1. The fourth-order valence-corrected chi connectivity index (χ4v) is 7.77. The number of nitrogens with zero attached hydrogens (tertiary/aromatic N) is 7. The molecule has 2 aliphatic rings. The normalized spacial score (nSPS) is 17.0. The van der Waals surface area contributed by atoms with E-state index in [0.717, 1.165) is 22.2 Å². The fraction of sp³-hybridized carbons (Fsp3) is 0.279. The summed E-state index contributed by atoms with van der Waals surface area (Å²) < 4.78 is 1.86. The Morgan fingerprint density at radius 1 is 1.00 bits per heavy atom. The number of aryl methyl sites for hydroxylation is 1. The van der Waals surface area contributed by atoms with Crippen molar-refractivity contribution >= 4 is 46.2 Å². The number of rotatable bonds is 13. The quantitative estimate of drug-likeness (QED) is 0.130. The van der Waals surface area contributed by atoms with E-state index in [4.69, 9.17) is 0 Å². The van der Waals surface area contributed by atoms with Gasteiger partial charge in [0.25, 0.3) is 5.91 Å². The topological polar surface area (TPSA) is 167 Å². The number of pyridine rings is 1. The zero-order valence-corrected chi connectivity index (χ0v) is 32.5. The third kappa shape index (κ3) is 8.21. The maximum absolute atomic E-state index is 14.7. The molecule has 5 amide bonds. The highest BCUT2D eigenvalue weighted by molar-refractivity contribution is 6.13. The predicted octanol–water partition coefficient (Wildman–Crippen LogP) is 3.70. The highest BCUT2D eigenvalue weighted by Crippen LogP contribution is 2.32. The second-order valence-electron chi connectivity index (χ2n) is 14.5. The molecule has 5 aromatic rings. The van der Waals surface area contributed by atoms with Gasteiger partial charge in [0.05, 0.1) is 42.7 Å². The van der Waals surface area contributed by atoms with Crippen LogP contribution in [0.2, 0.25) is 0 Å². The van der Waals surface area contributed by atoms with E-state index < -0.39 is 18.2 Å². The number of urea groups is 1. The van der Waals surface area contributed by atoms with Gasteiger partial charge in [-0.05, 0) is 41.0 Å². The highest BCUT2D eigenvalue weighted by Gasteiger charge is 2.51. The Bertz CT molecular complexity index is 2300. The first kappa shape index (κ1) is 39.5. The number of aliphatic hydroxyl groups excluding tert-OH is 1. The van der Waals surface area contributed by atoms with Crippen molar-refractivity contribution in [3.8, 4) is 5.75 Å². The first-order chi connectivity index (χ1) is 28.1. The van der Waals surface area contributed by atoms with Gasteiger partial charge in [-0.1, -0.05) is 66.7 Å². The molecule has 2 saturated heterocycles. The summed E-state index contributed by atoms with van der Waals surface area (Å²) in [4.78, 5) is 66.0. The molecule has 4 N–H and O–H groups in total. The standard InChI is InChI=1S/C43H47N9O6/c1-4-19-50-28-39(55)51-36(22-29-13-16-33(54)17-14-29)42(57)49(27-38(51)52(50)43(58)45-23-30-9-6-5-7-10-30)25-31-11-8-12-34-35(26-48(3)40(31)34)41(56)46-32-15-18-37(44-24-32)47(2)20-21-53/h4-18,24,26,36,38,53-54H,1,19-23,25,27-28H2,2-3H3,(H,45,58)(H,46,56)/t36-,38-/m0/s1. The van der Waals surface area contributed by atoms with E-state index >= 15 is 0 Å². The summed E-state index contributed by atoms with van der Waals surface area (Å²) >= 11 is 0.